The third-order valence-corrected chi connectivity index (χ3v) is 8.47. The molecule has 1 aliphatic rings. The van der Waals surface area contributed by atoms with E-state index in [1.807, 2.05) is 18.7 Å². The highest BCUT2D eigenvalue weighted by Gasteiger charge is 2.33. The number of aliphatic hydroxyl groups is 1. The first kappa shape index (κ1) is 26.0. The minimum absolute atomic E-state index is 0.0501. The number of aliphatic hydroxyl groups excluding tert-OH is 1. The largest absolute Gasteiger partial charge is 0.396 e. The molecular weight excluding hydrogens is 505 g/mol. The van der Waals surface area contributed by atoms with E-state index in [2.05, 4.69) is 20.0 Å². The molecule has 36 heavy (non-hydrogen) atoms. The summed E-state index contributed by atoms with van der Waals surface area (Å²) in [7, 11) is -3.87. The van der Waals surface area contributed by atoms with Crippen molar-refractivity contribution < 1.29 is 22.7 Å². The lowest BCUT2D eigenvalue weighted by Gasteiger charge is -2.29. The maximum atomic E-state index is 14.6. The van der Waals surface area contributed by atoms with E-state index in [9.17, 15) is 22.7 Å². The van der Waals surface area contributed by atoms with Gasteiger partial charge in [-0.15, -0.1) is 11.3 Å². The van der Waals surface area contributed by atoms with Crippen LogP contribution in [0.2, 0.25) is 0 Å². The van der Waals surface area contributed by atoms with Crippen molar-refractivity contribution in [3.05, 3.63) is 59.0 Å². The van der Waals surface area contributed by atoms with Crippen LogP contribution in [0.15, 0.2) is 46.9 Å². The topological polar surface area (TPSA) is 125 Å². The highest BCUT2D eigenvalue weighted by atomic mass is 32.2. The fourth-order valence-electron chi connectivity index (χ4n) is 4.39. The maximum Gasteiger partial charge on any atom is 0.265 e. The summed E-state index contributed by atoms with van der Waals surface area (Å²) in [6.45, 7) is 4.31. The molecule has 0 saturated carbocycles. The smallest absolute Gasteiger partial charge is 0.265 e. The molecule has 0 bridgehead atoms. The monoisotopic (exact) mass is 533 g/mol. The van der Waals surface area contributed by atoms with Gasteiger partial charge in [0, 0.05) is 36.6 Å². The van der Waals surface area contributed by atoms with E-state index in [1.54, 1.807) is 11.4 Å². The number of nitrogens with zero attached hydrogens (tertiary/aromatic N) is 3. The van der Waals surface area contributed by atoms with Crippen LogP contribution in [0.1, 0.15) is 43.7 Å². The molecule has 3 heterocycles. The number of anilines is 3. The number of hydrogen-bond acceptors (Lipinski definition) is 8. The Morgan fingerprint density at radius 2 is 2.08 bits per heavy atom. The van der Waals surface area contributed by atoms with Crippen molar-refractivity contribution in [1.29, 1.82) is 0 Å². The SMILES string of the molecule is CCC(C)c1c(F)ccc2c1CCN2C(CCO)C(=O)Nc1ccc(S(=O)(=O)Nc2nccs2)cn1. The summed E-state index contributed by atoms with van der Waals surface area (Å²) in [5.41, 5.74) is 2.38. The Morgan fingerprint density at radius 1 is 1.28 bits per heavy atom. The minimum Gasteiger partial charge on any atom is -0.396 e. The summed E-state index contributed by atoms with van der Waals surface area (Å²) < 4.78 is 42.0. The van der Waals surface area contributed by atoms with E-state index in [4.69, 9.17) is 0 Å². The summed E-state index contributed by atoms with van der Waals surface area (Å²) in [5.74, 6) is -0.406. The maximum absolute atomic E-state index is 14.6. The molecular formula is C24H28FN5O4S2. The molecule has 192 valence electrons. The van der Waals surface area contributed by atoms with Crippen molar-refractivity contribution >= 4 is 43.9 Å². The molecule has 12 heteroatoms. The van der Waals surface area contributed by atoms with Crippen molar-refractivity contribution in [2.45, 2.75) is 50.0 Å². The van der Waals surface area contributed by atoms with Gasteiger partial charge in [-0.1, -0.05) is 13.8 Å². The number of benzene rings is 1. The molecule has 0 fully saturated rings. The third kappa shape index (κ3) is 5.35. The number of amides is 1. The van der Waals surface area contributed by atoms with E-state index < -0.39 is 22.0 Å². The molecule has 0 saturated heterocycles. The molecule has 4 rings (SSSR count). The van der Waals surface area contributed by atoms with Gasteiger partial charge in [-0.3, -0.25) is 9.52 Å². The summed E-state index contributed by atoms with van der Waals surface area (Å²) in [6, 6.07) is 5.16. The predicted molar refractivity (Wildman–Crippen MR) is 137 cm³/mol. The van der Waals surface area contributed by atoms with Crippen LogP contribution in [0.4, 0.5) is 21.0 Å². The second-order valence-corrected chi connectivity index (χ2v) is 11.1. The molecule has 9 nitrogen and oxygen atoms in total. The van der Waals surface area contributed by atoms with Crippen molar-refractivity contribution in [1.82, 2.24) is 9.97 Å². The Kier molecular flexibility index (Phi) is 7.86. The number of aromatic nitrogens is 2. The van der Waals surface area contributed by atoms with Gasteiger partial charge in [0.15, 0.2) is 5.13 Å². The van der Waals surface area contributed by atoms with Gasteiger partial charge in [0.2, 0.25) is 5.91 Å². The zero-order valence-electron chi connectivity index (χ0n) is 19.9. The molecule has 3 aromatic rings. The predicted octanol–water partition coefficient (Wildman–Crippen LogP) is 3.74. The molecule has 0 spiro atoms. The molecule has 2 unspecified atom stereocenters. The number of carbonyl (C=O) groups excluding carboxylic acids is 1. The number of hydrogen-bond donors (Lipinski definition) is 3. The average molecular weight is 534 g/mol. The summed E-state index contributed by atoms with van der Waals surface area (Å²) in [6.07, 6.45) is 4.22. The Morgan fingerprint density at radius 3 is 2.72 bits per heavy atom. The van der Waals surface area contributed by atoms with Crippen LogP contribution in [0.5, 0.6) is 0 Å². The van der Waals surface area contributed by atoms with E-state index >= 15 is 0 Å². The van der Waals surface area contributed by atoms with Crippen molar-refractivity contribution in [2.75, 3.05) is 28.1 Å². The highest BCUT2D eigenvalue weighted by Crippen LogP contribution is 2.38. The zero-order valence-corrected chi connectivity index (χ0v) is 21.6. The number of rotatable bonds is 10. The number of pyridine rings is 1. The number of carbonyl (C=O) groups is 1. The first-order valence-corrected chi connectivity index (χ1v) is 14.0. The molecule has 2 aromatic heterocycles. The van der Waals surface area contributed by atoms with Gasteiger partial charge < -0.3 is 15.3 Å². The van der Waals surface area contributed by atoms with Crippen LogP contribution in [-0.2, 0) is 21.2 Å². The molecule has 1 amide bonds. The Hall–Kier alpha value is -3.09. The van der Waals surface area contributed by atoms with E-state index in [0.717, 1.165) is 35.2 Å². The zero-order chi connectivity index (χ0) is 25.9. The van der Waals surface area contributed by atoms with Gasteiger partial charge in [0.25, 0.3) is 10.0 Å². The lowest BCUT2D eigenvalue weighted by molar-refractivity contribution is -0.117. The minimum atomic E-state index is -3.87. The Balaban J connectivity index is 1.52. The Labute approximate surface area is 213 Å². The lowest BCUT2D eigenvalue weighted by atomic mass is 9.91. The van der Waals surface area contributed by atoms with Crippen LogP contribution in [-0.4, -0.2) is 48.6 Å². The Bertz CT molecular complexity index is 1320. The number of sulfonamides is 1. The van der Waals surface area contributed by atoms with Crippen LogP contribution in [0.25, 0.3) is 0 Å². The van der Waals surface area contributed by atoms with Gasteiger partial charge in [-0.05, 0) is 60.6 Å². The van der Waals surface area contributed by atoms with Gasteiger partial charge in [-0.2, -0.15) is 0 Å². The molecule has 0 radical (unpaired) electrons. The fraction of sp³-hybridized carbons (Fsp3) is 0.375. The number of halogens is 1. The van der Waals surface area contributed by atoms with Gasteiger partial charge in [0.05, 0.1) is 0 Å². The molecule has 1 aliphatic heterocycles. The second kappa shape index (κ2) is 10.9. The quantitative estimate of drug-likeness (QED) is 0.363. The summed E-state index contributed by atoms with van der Waals surface area (Å²) in [4.78, 5) is 23.0. The standard InChI is InChI=1S/C24H28FN5O4S2/c1-3-15(2)22-17-8-11-30(19(17)6-5-18(22)25)20(9-12-31)23(32)28-21-7-4-16(14-27-21)36(33,34)29-24-26-10-13-35-24/h4-7,10,13-15,20,31H,3,8-9,11-12H2,1-2H3,(H,26,29)(H,27,28,32). The normalized spacial score (nSPS) is 14.8. The van der Waals surface area contributed by atoms with Crippen molar-refractivity contribution in [3.8, 4) is 0 Å². The third-order valence-electron chi connectivity index (χ3n) is 6.33. The van der Waals surface area contributed by atoms with Crippen molar-refractivity contribution in [3.63, 3.8) is 0 Å². The fourth-order valence-corrected chi connectivity index (χ4v) is 6.12. The first-order chi connectivity index (χ1) is 17.2. The van der Waals surface area contributed by atoms with E-state index in [1.165, 1.54) is 24.4 Å². The molecule has 3 N–H and O–H groups in total. The van der Waals surface area contributed by atoms with Crippen LogP contribution < -0.4 is 14.9 Å². The van der Waals surface area contributed by atoms with E-state index in [-0.39, 0.29) is 40.6 Å². The molecule has 0 aliphatic carbocycles. The average Bonchev–Trinajstić information content (AvgIpc) is 3.52. The number of nitrogens with one attached hydrogen (secondary N) is 2. The summed E-state index contributed by atoms with van der Waals surface area (Å²) >= 11 is 1.15. The van der Waals surface area contributed by atoms with Crippen molar-refractivity contribution in [2.24, 2.45) is 0 Å². The van der Waals surface area contributed by atoms with Gasteiger partial charge in [0.1, 0.15) is 22.6 Å². The van der Waals surface area contributed by atoms with E-state index in [0.29, 0.717) is 18.5 Å². The first-order valence-electron chi connectivity index (χ1n) is 11.6. The van der Waals surface area contributed by atoms with Gasteiger partial charge >= 0.3 is 0 Å². The molecule has 1 aromatic carbocycles. The molecule has 2 atom stereocenters. The number of thiazole rings is 1. The second-order valence-electron chi connectivity index (χ2n) is 8.55. The summed E-state index contributed by atoms with van der Waals surface area (Å²) in [5, 5.41) is 14.3. The number of fused-ring (bicyclic) bond motifs is 1. The van der Waals surface area contributed by atoms with Gasteiger partial charge in [-0.25, -0.2) is 22.8 Å². The van der Waals surface area contributed by atoms with Crippen LogP contribution >= 0.6 is 11.3 Å². The lowest BCUT2D eigenvalue weighted by Crippen LogP contribution is -2.44. The van der Waals surface area contributed by atoms with Crippen LogP contribution in [0, 0.1) is 5.82 Å². The highest BCUT2D eigenvalue weighted by molar-refractivity contribution is 7.93. The van der Waals surface area contributed by atoms with Crippen LogP contribution in [0.3, 0.4) is 0 Å².